The standard InChI is InChI=1S/C73H114O6/c1-4-7-10-13-16-19-21-23-25-27-28-29-30-31-32-33-34-35-36-37-38-39-40-41-42-43-44-46-47-49-51-54-57-60-63-66-72(75)78-69-70(68-77-71(74)65-62-59-56-53-18-15-12-9-6-3)79-73(76)67-64-61-58-55-52-50-48-45-26-24-22-20-17-14-11-8-5-2/h7-8,10-11,16-17,19-20,23-26,28-29,31-32,34-35,37-38,40-41,43-44,48,50,55,58,70H,4-6,9,12-15,18,21-22,27,30,33,36,39,42,45-47,49,51-54,56-57,59-69H2,1-3H3/b10-7-,11-8-,19-16-,20-17-,25-23-,26-24-,29-28-,32-31-,35-34-,38-37-,41-40-,44-43-,50-48-,58-55-. The van der Waals surface area contributed by atoms with Gasteiger partial charge in [-0.1, -0.05) is 274 Å². The van der Waals surface area contributed by atoms with E-state index in [9.17, 15) is 14.4 Å². The molecule has 0 aromatic heterocycles. The van der Waals surface area contributed by atoms with Crippen LogP contribution in [0.15, 0.2) is 170 Å². The molecule has 0 bridgehead atoms. The monoisotopic (exact) mass is 1090 g/mol. The number of unbranched alkanes of at least 4 members (excludes halogenated alkanes) is 16. The maximum Gasteiger partial charge on any atom is 0.306 e. The molecule has 0 aromatic rings. The zero-order chi connectivity index (χ0) is 57.1. The Morgan fingerprint density at radius 2 is 0.506 bits per heavy atom. The van der Waals surface area contributed by atoms with E-state index in [1.807, 2.05) is 0 Å². The Kier molecular flexibility index (Phi) is 61.0. The highest BCUT2D eigenvalue weighted by Gasteiger charge is 2.19. The van der Waals surface area contributed by atoms with Crippen LogP contribution in [0.5, 0.6) is 0 Å². The van der Waals surface area contributed by atoms with Crippen LogP contribution in [0.1, 0.15) is 252 Å². The number of hydrogen-bond donors (Lipinski definition) is 0. The zero-order valence-corrected chi connectivity index (χ0v) is 50.6. The van der Waals surface area contributed by atoms with Gasteiger partial charge in [-0.25, -0.2) is 0 Å². The van der Waals surface area contributed by atoms with Crippen molar-refractivity contribution >= 4 is 17.9 Å². The molecule has 1 atom stereocenters. The van der Waals surface area contributed by atoms with E-state index < -0.39 is 6.10 Å². The average molecular weight is 1090 g/mol. The molecule has 6 nitrogen and oxygen atoms in total. The molecule has 442 valence electrons. The Morgan fingerprint density at radius 1 is 0.266 bits per heavy atom. The van der Waals surface area contributed by atoms with E-state index in [2.05, 4.69) is 191 Å². The Balaban J connectivity index is 4.28. The molecule has 0 rings (SSSR count). The number of rotatable bonds is 55. The van der Waals surface area contributed by atoms with Crippen molar-refractivity contribution in [3.05, 3.63) is 170 Å². The second-order valence-electron chi connectivity index (χ2n) is 20.2. The highest BCUT2D eigenvalue weighted by atomic mass is 16.6. The van der Waals surface area contributed by atoms with Crippen LogP contribution in [-0.4, -0.2) is 37.2 Å². The number of esters is 3. The fourth-order valence-corrected chi connectivity index (χ4v) is 8.06. The lowest BCUT2D eigenvalue weighted by molar-refractivity contribution is -0.167. The topological polar surface area (TPSA) is 78.9 Å². The Morgan fingerprint density at radius 3 is 0.810 bits per heavy atom. The zero-order valence-electron chi connectivity index (χ0n) is 50.6. The molecule has 0 aliphatic carbocycles. The summed E-state index contributed by atoms with van der Waals surface area (Å²) < 4.78 is 16.8. The van der Waals surface area contributed by atoms with Gasteiger partial charge in [0.2, 0.25) is 0 Å². The summed E-state index contributed by atoms with van der Waals surface area (Å²) in [6.45, 7) is 6.32. The minimum absolute atomic E-state index is 0.109. The van der Waals surface area contributed by atoms with E-state index >= 15 is 0 Å². The van der Waals surface area contributed by atoms with Crippen molar-refractivity contribution in [2.24, 2.45) is 0 Å². The molecule has 0 saturated carbocycles. The summed E-state index contributed by atoms with van der Waals surface area (Å²) in [7, 11) is 0. The van der Waals surface area contributed by atoms with Crippen LogP contribution in [0.25, 0.3) is 0 Å². The van der Waals surface area contributed by atoms with Crippen molar-refractivity contribution in [1.82, 2.24) is 0 Å². The fraction of sp³-hybridized carbons (Fsp3) is 0.575. The van der Waals surface area contributed by atoms with E-state index in [-0.39, 0.29) is 37.5 Å². The first-order valence-electron chi connectivity index (χ1n) is 31.6. The molecular weight excluding hydrogens is 973 g/mol. The second-order valence-corrected chi connectivity index (χ2v) is 20.2. The highest BCUT2D eigenvalue weighted by molar-refractivity contribution is 5.71. The van der Waals surface area contributed by atoms with Crippen molar-refractivity contribution in [2.45, 2.75) is 258 Å². The first-order valence-corrected chi connectivity index (χ1v) is 31.6. The van der Waals surface area contributed by atoms with E-state index in [4.69, 9.17) is 14.2 Å². The third-order valence-electron chi connectivity index (χ3n) is 12.7. The second kappa shape index (κ2) is 65.3. The molecule has 0 radical (unpaired) electrons. The summed E-state index contributed by atoms with van der Waals surface area (Å²) in [6, 6.07) is 0. The number of carbonyl (C=O) groups is 3. The van der Waals surface area contributed by atoms with E-state index in [0.29, 0.717) is 19.3 Å². The minimum atomic E-state index is -0.818. The SMILES string of the molecule is CC/C=C\C/C=C\C/C=C\C/C=C\C/C=C\C/C=C\C/C=C\C/C=C\C/C=C\CCCCCCCCCC(=O)OCC(COC(=O)CCCCCCCCCCC)OC(=O)CCC/C=C\C/C=C\C/C=C\C/C=C\C/C=C\CC. The molecule has 0 aliphatic rings. The Bertz CT molecular complexity index is 1820. The Labute approximate surface area is 485 Å². The van der Waals surface area contributed by atoms with Crippen LogP contribution in [0, 0.1) is 0 Å². The van der Waals surface area contributed by atoms with Crippen molar-refractivity contribution in [3.63, 3.8) is 0 Å². The van der Waals surface area contributed by atoms with Crippen LogP contribution in [0.3, 0.4) is 0 Å². The van der Waals surface area contributed by atoms with Gasteiger partial charge in [0.1, 0.15) is 13.2 Å². The van der Waals surface area contributed by atoms with Crippen LogP contribution >= 0.6 is 0 Å². The van der Waals surface area contributed by atoms with Crippen molar-refractivity contribution in [3.8, 4) is 0 Å². The lowest BCUT2D eigenvalue weighted by Gasteiger charge is -2.18. The first-order chi connectivity index (χ1) is 39.0. The predicted octanol–water partition coefficient (Wildman–Crippen LogP) is 21.9. The molecule has 0 spiro atoms. The van der Waals surface area contributed by atoms with Crippen molar-refractivity contribution in [2.75, 3.05) is 13.2 Å². The van der Waals surface area contributed by atoms with Crippen LogP contribution in [-0.2, 0) is 28.6 Å². The molecule has 1 unspecified atom stereocenters. The summed E-state index contributed by atoms with van der Waals surface area (Å²) in [4.78, 5) is 38.1. The minimum Gasteiger partial charge on any atom is -0.462 e. The van der Waals surface area contributed by atoms with Gasteiger partial charge >= 0.3 is 17.9 Å². The molecule has 6 heteroatoms. The van der Waals surface area contributed by atoms with Crippen molar-refractivity contribution in [1.29, 1.82) is 0 Å². The molecule has 0 aromatic carbocycles. The summed E-state index contributed by atoms with van der Waals surface area (Å²) in [5.74, 6) is -0.989. The smallest absolute Gasteiger partial charge is 0.306 e. The summed E-state index contributed by atoms with van der Waals surface area (Å²) in [5, 5.41) is 0. The normalized spacial score (nSPS) is 13.3. The lowest BCUT2D eigenvalue weighted by atomic mass is 10.1. The van der Waals surface area contributed by atoms with Crippen LogP contribution in [0.2, 0.25) is 0 Å². The van der Waals surface area contributed by atoms with Gasteiger partial charge in [-0.3, -0.25) is 14.4 Å². The molecular formula is C73H114O6. The molecule has 0 aliphatic heterocycles. The molecule has 0 amide bonds. The summed E-state index contributed by atoms with van der Waals surface area (Å²) in [5.41, 5.74) is 0. The Hall–Kier alpha value is -5.23. The van der Waals surface area contributed by atoms with Crippen molar-refractivity contribution < 1.29 is 28.6 Å². The van der Waals surface area contributed by atoms with Gasteiger partial charge in [-0.05, 0) is 128 Å². The first kappa shape index (κ1) is 73.8. The van der Waals surface area contributed by atoms with Gasteiger partial charge < -0.3 is 14.2 Å². The maximum absolute atomic E-state index is 12.8. The molecule has 0 heterocycles. The van der Waals surface area contributed by atoms with E-state index in [1.165, 1.54) is 64.2 Å². The predicted molar refractivity (Wildman–Crippen MR) is 343 cm³/mol. The number of allylic oxidation sites excluding steroid dienone is 28. The van der Waals surface area contributed by atoms with Gasteiger partial charge in [0.25, 0.3) is 0 Å². The maximum atomic E-state index is 12.8. The lowest BCUT2D eigenvalue weighted by Crippen LogP contribution is -2.30. The largest absolute Gasteiger partial charge is 0.462 e. The van der Waals surface area contributed by atoms with Gasteiger partial charge in [-0.2, -0.15) is 0 Å². The van der Waals surface area contributed by atoms with Gasteiger partial charge in [0.15, 0.2) is 6.10 Å². The van der Waals surface area contributed by atoms with Gasteiger partial charge in [0.05, 0.1) is 0 Å². The molecule has 0 N–H and O–H groups in total. The third kappa shape index (κ3) is 63.5. The summed E-state index contributed by atoms with van der Waals surface area (Å²) >= 11 is 0. The van der Waals surface area contributed by atoms with E-state index in [0.717, 1.165) is 141 Å². The van der Waals surface area contributed by atoms with Crippen LogP contribution < -0.4 is 0 Å². The molecule has 0 saturated heterocycles. The van der Waals surface area contributed by atoms with Gasteiger partial charge in [-0.15, -0.1) is 0 Å². The highest BCUT2D eigenvalue weighted by Crippen LogP contribution is 2.14. The third-order valence-corrected chi connectivity index (χ3v) is 12.7. The summed E-state index contributed by atoms with van der Waals surface area (Å²) in [6.07, 6.45) is 96.6. The van der Waals surface area contributed by atoms with Crippen LogP contribution in [0.4, 0.5) is 0 Å². The molecule has 79 heavy (non-hydrogen) atoms. The number of ether oxygens (including phenoxy) is 3. The van der Waals surface area contributed by atoms with E-state index in [1.54, 1.807) is 0 Å². The van der Waals surface area contributed by atoms with Gasteiger partial charge in [0, 0.05) is 19.3 Å². The fourth-order valence-electron chi connectivity index (χ4n) is 8.06. The quantitative estimate of drug-likeness (QED) is 0.0261. The molecule has 0 fully saturated rings. The number of hydrogen-bond acceptors (Lipinski definition) is 6. The average Bonchev–Trinajstić information content (AvgIpc) is 3.45. The number of carbonyl (C=O) groups excluding carboxylic acids is 3.